The molecule has 0 aliphatic carbocycles. The summed E-state index contributed by atoms with van der Waals surface area (Å²) in [6.45, 7) is 10.3. The molecule has 22 heavy (non-hydrogen) atoms. The van der Waals surface area contributed by atoms with Gasteiger partial charge in [0.25, 0.3) is 5.91 Å². The lowest BCUT2D eigenvalue weighted by Crippen LogP contribution is -2.33. The van der Waals surface area contributed by atoms with E-state index in [1.807, 2.05) is 27.0 Å². The molecule has 0 spiro atoms. The molecule has 0 aliphatic heterocycles. The van der Waals surface area contributed by atoms with Crippen LogP contribution in [0.25, 0.3) is 11.0 Å². The Hall–Kier alpha value is -1.91. The van der Waals surface area contributed by atoms with E-state index in [0.717, 1.165) is 35.3 Å². The highest BCUT2D eigenvalue weighted by molar-refractivity contribution is 6.06. The molecule has 120 valence electrons. The summed E-state index contributed by atoms with van der Waals surface area (Å²) in [5.74, 6) is 0.609. The van der Waals surface area contributed by atoms with Crippen LogP contribution in [0.15, 0.2) is 6.07 Å². The lowest BCUT2D eigenvalue weighted by Gasteiger charge is -2.15. The summed E-state index contributed by atoms with van der Waals surface area (Å²) in [5.41, 5.74) is 3.10. The van der Waals surface area contributed by atoms with Crippen LogP contribution in [0.4, 0.5) is 0 Å². The van der Waals surface area contributed by atoms with Crippen molar-refractivity contribution in [3.8, 4) is 0 Å². The largest absolute Gasteiger partial charge is 0.350 e. The Balaban J connectivity index is 2.28. The van der Waals surface area contributed by atoms with Gasteiger partial charge in [-0.1, -0.05) is 13.8 Å². The van der Waals surface area contributed by atoms with Crippen LogP contribution in [-0.4, -0.2) is 26.7 Å². The molecule has 1 atom stereocenters. The van der Waals surface area contributed by atoms with E-state index in [9.17, 15) is 4.79 Å². The maximum Gasteiger partial charge on any atom is 0.252 e. The van der Waals surface area contributed by atoms with Gasteiger partial charge in [0, 0.05) is 18.8 Å². The highest BCUT2D eigenvalue weighted by Crippen LogP contribution is 2.21. The van der Waals surface area contributed by atoms with Crippen molar-refractivity contribution in [1.29, 1.82) is 0 Å². The fraction of sp³-hybridized carbons (Fsp3) is 0.588. The molecule has 2 rings (SSSR count). The number of rotatable bonds is 5. The molecular weight excluding hydrogens is 276 g/mol. The van der Waals surface area contributed by atoms with Gasteiger partial charge in [-0.15, -0.1) is 0 Å². The van der Waals surface area contributed by atoms with E-state index < -0.39 is 0 Å². The minimum Gasteiger partial charge on any atom is -0.350 e. The first-order chi connectivity index (χ1) is 10.3. The molecule has 0 fully saturated rings. The second-order valence-electron chi connectivity index (χ2n) is 6.56. The number of nitrogens with one attached hydrogen (secondary N) is 1. The second-order valence-corrected chi connectivity index (χ2v) is 6.56. The predicted molar refractivity (Wildman–Crippen MR) is 89.0 cm³/mol. The van der Waals surface area contributed by atoms with Crippen molar-refractivity contribution in [1.82, 2.24) is 20.1 Å². The van der Waals surface area contributed by atoms with Gasteiger partial charge in [-0.3, -0.25) is 9.48 Å². The lowest BCUT2D eigenvalue weighted by atomic mass is 10.0. The SMILES string of the molecule is Cc1cc(C(=O)NC(C)CCC(C)C)c2c(C)nn(C)c2n1. The van der Waals surface area contributed by atoms with Crippen molar-refractivity contribution in [3.63, 3.8) is 0 Å². The number of aromatic nitrogens is 3. The van der Waals surface area contributed by atoms with Crippen molar-refractivity contribution in [2.24, 2.45) is 13.0 Å². The zero-order valence-electron chi connectivity index (χ0n) is 14.4. The number of hydrogen-bond donors (Lipinski definition) is 1. The molecule has 1 N–H and O–H groups in total. The van der Waals surface area contributed by atoms with Crippen LogP contribution in [0.3, 0.4) is 0 Å². The fourth-order valence-electron chi connectivity index (χ4n) is 2.71. The molecule has 0 saturated heterocycles. The number of nitrogens with zero attached hydrogens (tertiary/aromatic N) is 3. The Morgan fingerprint density at radius 1 is 1.27 bits per heavy atom. The van der Waals surface area contributed by atoms with Gasteiger partial charge < -0.3 is 5.32 Å². The third-order valence-electron chi connectivity index (χ3n) is 3.90. The van der Waals surface area contributed by atoms with Gasteiger partial charge >= 0.3 is 0 Å². The van der Waals surface area contributed by atoms with E-state index in [-0.39, 0.29) is 11.9 Å². The van der Waals surface area contributed by atoms with E-state index in [0.29, 0.717) is 11.5 Å². The molecule has 0 aromatic carbocycles. The van der Waals surface area contributed by atoms with Crippen molar-refractivity contribution in [2.75, 3.05) is 0 Å². The van der Waals surface area contributed by atoms with Gasteiger partial charge in [-0.05, 0) is 45.6 Å². The molecule has 1 amide bonds. The summed E-state index contributed by atoms with van der Waals surface area (Å²) in [6.07, 6.45) is 2.10. The fourth-order valence-corrected chi connectivity index (χ4v) is 2.71. The van der Waals surface area contributed by atoms with Crippen LogP contribution in [0.2, 0.25) is 0 Å². The Bertz CT molecular complexity index is 688. The molecule has 0 aliphatic rings. The van der Waals surface area contributed by atoms with E-state index in [1.54, 1.807) is 4.68 Å². The summed E-state index contributed by atoms with van der Waals surface area (Å²) < 4.78 is 1.73. The van der Waals surface area contributed by atoms with Gasteiger partial charge in [-0.25, -0.2) is 4.98 Å². The Labute approximate surface area is 132 Å². The Morgan fingerprint density at radius 3 is 2.59 bits per heavy atom. The second kappa shape index (κ2) is 6.46. The van der Waals surface area contributed by atoms with Crippen LogP contribution in [-0.2, 0) is 7.05 Å². The molecule has 5 nitrogen and oxygen atoms in total. The Kier molecular flexibility index (Phi) is 4.84. The number of carbonyl (C=O) groups excluding carboxylic acids is 1. The van der Waals surface area contributed by atoms with Gasteiger partial charge in [-0.2, -0.15) is 5.10 Å². The highest BCUT2D eigenvalue weighted by atomic mass is 16.1. The number of amides is 1. The highest BCUT2D eigenvalue weighted by Gasteiger charge is 2.18. The maximum atomic E-state index is 12.7. The number of carbonyl (C=O) groups is 1. The molecule has 5 heteroatoms. The predicted octanol–water partition coefficient (Wildman–Crippen LogP) is 3.14. The molecule has 0 saturated carbocycles. The molecule has 0 radical (unpaired) electrons. The monoisotopic (exact) mass is 302 g/mol. The van der Waals surface area contributed by atoms with E-state index in [2.05, 4.69) is 36.2 Å². The minimum absolute atomic E-state index is 0.0390. The molecule has 2 aromatic heterocycles. The summed E-state index contributed by atoms with van der Waals surface area (Å²) in [7, 11) is 1.86. The summed E-state index contributed by atoms with van der Waals surface area (Å²) in [6, 6.07) is 2.01. The third-order valence-corrected chi connectivity index (χ3v) is 3.90. The first-order valence-electron chi connectivity index (χ1n) is 7.91. The molecule has 0 bridgehead atoms. The van der Waals surface area contributed by atoms with Crippen LogP contribution < -0.4 is 5.32 Å². The van der Waals surface area contributed by atoms with Crippen molar-refractivity contribution in [2.45, 2.75) is 53.5 Å². The number of aryl methyl sites for hydroxylation is 3. The summed E-state index contributed by atoms with van der Waals surface area (Å²) in [5, 5.41) is 8.34. The van der Waals surface area contributed by atoms with Crippen LogP contribution >= 0.6 is 0 Å². The standard InChI is InChI=1S/C17H26N4O/c1-10(2)7-8-11(3)19-17(22)14-9-12(4)18-16-15(14)13(5)20-21(16)6/h9-11H,7-8H2,1-6H3,(H,19,22). The van der Waals surface area contributed by atoms with Crippen LogP contribution in [0.5, 0.6) is 0 Å². The molecular formula is C17H26N4O. The number of fused-ring (bicyclic) bond motifs is 1. The zero-order chi connectivity index (χ0) is 16.4. The Morgan fingerprint density at radius 2 is 1.95 bits per heavy atom. The normalized spacial score (nSPS) is 12.9. The van der Waals surface area contributed by atoms with E-state index in [1.165, 1.54) is 0 Å². The van der Waals surface area contributed by atoms with E-state index in [4.69, 9.17) is 0 Å². The van der Waals surface area contributed by atoms with Crippen LogP contribution in [0.1, 0.15) is 55.4 Å². The summed E-state index contributed by atoms with van der Waals surface area (Å²) >= 11 is 0. The quantitative estimate of drug-likeness (QED) is 0.923. The van der Waals surface area contributed by atoms with Gasteiger partial charge in [0.2, 0.25) is 0 Å². The zero-order valence-corrected chi connectivity index (χ0v) is 14.4. The van der Waals surface area contributed by atoms with Crippen molar-refractivity contribution in [3.05, 3.63) is 23.0 Å². The van der Waals surface area contributed by atoms with Gasteiger partial charge in [0.05, 0.1) is 16.6 Å². The minimum atomic E-state index is -0.0390. The molecule has 1 unspecified atom stereocenters. The smallest absolute Gasteiger partial charge is 0.252 e. The third kappa shape index (κ3) is 3.46. The van der Waals surface area contributed by atoms with Crippen molar-refractivity contribution < 1.29 is 4.79 Å². The molecule has 2 heterocycles. The average molecular weight is 302 g/mol. The maximum absolute atomic E-state index is 12.7. The first kappa shape index (κ1) is 16.5. The number of hydrogen-bond acceptors (Lipinski definition) is 3. The van der Waals surface area contributed by atoms with Gasteiger partial charge in [0.15, 0.2) is 5.65 Å². The average Bonchev–Trinajstić information content (AvgIpc) is 2.70. The lowest BCUT2D eigenvalue weighted by molar-refractivity contribution is 0.0938. The number of pyridine rings is 1. The molecule has 2 aromatic rings. The first-order valence-corrected chi connectivity index (χ1v) is 7.91. The van der Waals surface area contributed by atoms with E-state index >= 15 is 0 Å². The summed E-state index contributed by atoms with van der Waals surface area (Å²) in [4.78, 5) is 17.1. The van der Waals surface area contributed by atoms with Crippen molar-refractivity contribution >= 4 is 16.9 Å². The topological polar surface area (TPSA) is 59.8 Å². The van der Waals surface area contributed by atoms with Crippen LogP contribution in [0, 0.1) is 19.8 Å². The van der Waals surface area contributed by atoms with Gasteiger partial charge in [0.1, 0.15) is 0 Å².